The number of aromatic nitrogens is 1. The summed E-state index contributed by atoms with van der Waals surface area (Å²) in [6, 6.07) is 4.50. The van der Waals surface area contributed by atoms with Crippen molar-refractivity contribution in [2.24, 2.45) is 0 Å². The summed E-state index contributed by atoms with van der Waals surface area (Å²) in [6.07, 6.45) is 0. The van der Waals surface area contributed by atoms with Gasteiger partial charge in [0.05, 0.1) is 9.95 Å². The first-order valence-corrected chi connectivity index (χ1v) is 5.16. The van der Waals surface area contributed by atoms with Gasteiger partial charge in [0.15, 0.2) is 5.52 Å². The number of pyridine rings is 1. The van der Waals surface area contributed by atoms with Crippen molar-refractivity contribution in [3.8, 4) is 0 Å². The molecular weight excluding hydrogens is 251 g/mol. The largest absolute Gasteiger partial charge is 0.295 e. The van der Waals surface area contributed by atoms with Crippen molar-refractivity contribution in [2.75, 3.05) is 0 Å². The highest BCUT2D eigenvalue weighted by Gasteiger charge is 2.16. The zero-order chi connectivity index (χ0) is 11.9. The fourth-order valence-corrected chi connectivity index (χ4v) is 1.78. The monoisotopic (exact) mass is 256 g/mol. The minimum Gasteiger partial charge on any atom is -0.258 e. The van der Waals surface area contributed by atoms with Crippen molar-refractivity contribution >= 4 is 39.8 Å². The number of fused-ring (bicyclic) bond motifs is 1. The normalized spacial score (nSPS) is 10.7. The van der Waals surface area contributed by atoms with Gasteiger partial charge in [-0.05, 0) is 24.6 Å². The van der Waals surface area contributed by atoms with Crippen LogP contribution in [0.25, 0.3) is 10.9 Å². The molecule has 1 aromatic carbocycles. The molecule has 0 spiro atoms. The predicted molar refractivity (Wildman–Crippen MR) is 63.2 cm³/mol. The van der Waals surface area contributed by atoms with Crippen LogP contribution >= 0.6 is 23.2 Å². The van der Waals surface area contributed by atoms with Crippen LogP contribution in [0.3, 0.4) is 0 Å². The number of hydrogen-bond acceptors (Lipinski definition) is 3. The number of nitro groups is 1. The van der Waals surface area contributed by atoms with Crippen molar-refractivity contribution in [1.82, 2.24) is 4.98 Å². The number of benzene rings is 1. The number of aryl methyl sites for hydroxylation is 1. The lowest BCUT2D eigenvalue weighted by Gasteiger charge is -2.03. The lowest BCUT2D eigenvalue weighted by molar-refractivity contribution is -0.383. The van der Waals surface area contributed by atoms with Crippen LogP contribution in [-0.4, -0.2) is 9.91 Å². The van der Waals surface area contributed by atoms with Crippen molar-refractivity contribution in [3.05, 3.63) is 44.1 Å². The van der Waals surface area contributed by atoms with Gasteiger partial charge in [-0.1, -0.05) is 23.2 Å². The highest BCUT2D eigenvalue weighted by molar-refractivity contribution is 6.36. The topological polar surface area (TPSA) is 56.0 Å². The van der Waals surface area contributed by atoms with Crippen molar-refractivity contribution in [2.45, 2.75) is 6.92 Å². The van der Waals surface area contributed by atoms with Gasteiger partial charge in [-0.3, -0.25) is 10.1 Å². The number of rotatable bonds is 1. The Morgan fingerprint density at radius 3 is 2.69 bits per heavy atom. The molecule has 82 valence electrons. The van der Waals surface area contributed by atoms with Crippen LogP contribution in [0.1, 0.15) is 5.56 Å². The molecule has 0 aliphatic rings. The Kier molecular flexibility index (Phi) is 2.69. The van der Waals surface area contributed by atoms with Gasteiger partial charge >= 0.3 is 0 Å². The molecule has 0 saturated heterocycles. The van der Waals surface area contributed by atoms with Gasteiger partial charge in [0.2, 0.25) is 0 Å². The van der Waals surface area contributed by atoms with Crippen molar-refractivity contribution in [1.29, 1.82) is 0 Å². The lowest BCUT2D eigenvalue weighted by Crippen LogP contribution is -1.93. The molecule has 0 fully saturated rings. The zero-order valence-electron chi connectivity index (χ0n) is 8.20. The summed E-state index contributed by atoms with van der Waals surface area (Å²) >= 11 is 11.8. The van der Waals surface area contributed by atoms with E-state index in [0.29, 0.717) is 10.4 Å². The Morgan fingerprint density at radius 2 is 2.06 bits per heavy atom. The third kappa shape index (κ3) is 1.70. The fourth-order valence-electron chi connectivity index (χ4n) is 1.44. The van der Waals surface area contributed by atoms with Crippen molar-refractivity contribution < 1.29 is 4.92 Å². The Hall–Kier alpha value is -1.39. The molecule has 1 heterocycles. The maximum Gasteiger partial charge on any atom is 0.295 e. The molecule has 0 unspecified atom stereocenters. The van der Waals surface area contributed by atoms with E-state index in [9.17, 15) is 10.1 Å². The molecule has 0 bridgehead atoms. The molecule has 0 radical (unpaired) electrons. The Balaban J connectivity index is 2.93. The SMILES string of the molecule is Cc1cc2c(Cl)ccc([N+](=O)[O-])c2nc1Cl. The molecule has 6 heteroatoms. The first kappa shape index (κ1) is 11.1. The number of hydrogen-bond donors (Lipinski definition) is 0. The Morgan fingerprint density at radius 1 is 1.38 bits per heavy atom. The molecule has 0 atom stereocenters. The Bertz CT molecular complexity index is 599. The Labute approximate surface area is 101 Å². The van der Waals surface area contributed by atoms with E-state index in [1.54, 1.807) is 13.0 Å². The third-order valence-electron chi connectivity index (χ3n) is 2.24. The van der Waals surface area contributed by atoms with E-state index in [4.69, 9.17) is 23.2 Å². The third-order valence-corrected chi connectivity index (χ3v) is 2.95. The smallest absolute Gasteiger partial charge is 0.258 e. The molecule has 1 aromatic heterocycles. The number of nitrogens with zero attached hydrogens (tertiary/aromatic N) is 2. The molecule has 0 amide bonds. The highest BCUT2D eigenvalue weighted by atomic mass is 35.5. The number of non-ortho nitro benzene ring substituents is 1. The first-order valence-electron chi connectivity index (χ1n) is 4.40. The van der Waals surface area contributed by atoms with Gasteiger partial charge in [-0.25, -0.2) is 4.98 Å². The van der Waals surface area contributed by atoms with E-state index in [1.807, 2.05) is 0 Å². The molecule has 0 N–H and O–H groups in total. The standard InChI is InChI=1S/C10H6Cl2N2O2/c1-5-4-6-7(11)2-3-8(14(15)16)9(6)13-10(5)12/h2-4H,1H3. The van der Waals surface area contributed by atoms with Crippen molar-refractivity contribution in [3.63, 3.8) is 0 Å². The molecule has 2 aromatic rings. The predicted octanol–water partition coefficient (Wildman–Crippen LogP) is 3.76. The van der Waals surface area contributed by atoms with Gasteiger partial charge in [-0.15, -0.1) is 0 Å². The van der Waals surface area contributed by atoms with E-state index < -0.39 is 4.92 Å². The van der Waals surface area contributed by atoms with Gasteiger partial charge in [0, 0.05) is 11.5 Å². The summed E-state index contributed by atoms with van der Waals surface area (Å²) in [5, 5.41) is 12.0. The van der Waals surface area contributed by atoms with E-state index in [-0.39, 0.29) is 16.4 Å². The van der Waals surface area contributed by atoms with Crippen LogP contribution in [-0.2, 0) is 0 Å². The summed E-state index contributed by atoms with van der Waals surface area (Å²) in [5.74, 6) is 0. The maximum absolute atomic E-state index is 10.8. The second kappa shape index (κ2) is 3.88. The minimum atomic E-state index is -0.503. The molecule has 0 saturated carbocycles. The molecule has 0 aliphatic heterocycles. The summed E-state index contributed by atoms with van der Waals surface area (Å²) in [5.41, 5.74) is 0.853. The van der Waals surface area contributed by atoms with Gasteiger partial charge in [-0.2, -0.15) is 0 Å². The lowest BCUT2D eigenvalue weighted by atomic mass is 10.1. The van der Waals surface area contributed by atoms with Crippen LogP contribution in [0, 0.1) is 17.0 Å². The minimum absolute atomic E-state index is 0.0960. The van der Waals surface area contributed by atoms with Crippen LogP contribution in [0.5, 0.6) is 0 Å². The summed E-state index contributed by atoms with van der Waals surface area (Å²) in [7, 11) is 0. The average Bonchev–Trinajstić information content (AvgIpc) is 2.21. The summed E-state index contributed by atoms with van der Waals surface area (Å²) < 4.78 is 0. The number of nitro benzene ring substituents is 1. The van der Waals surface area contributed by atoms with E-state index in [1.165, 1.54) is 12.1 Å². The van der Waals surface area contributed by atoms with Crippen LogP contribution in [0.15, 0.2) is 18.2 Å². The van der Waals surface area contributed by atoms with Gasteiger partial charge in [0.1, 0.15) is 5.15 Å². The summed E-state index contributed by atoms with van der Waals surface area (Å²) in [6.45, 7) is 1.77. The van der Waals surface area contributed by atoms with Gasteiger partial charge in [0.25, 0.3) is 5.69 Å². The first-order chi connectivity index (χ1) is 7.50. The highest BCUT2D eigenvalue weighted by Crippen LogP contribution is 2.32. The zero-order valence-corrected chi connectivity index (χ0v) is 9.71. The van der Waals surface area contributed by atoms with Gasteiger partial charge < -0.3 is 0 Å². The molecule has 4 nitrogen and oxygen atoms in total. The second-order valence-corrected chi connectivity index (χ2v) is 4.08. The fraction of sp³-hybridized carbons (Fsp3) is 0.100. The van der Waals surface area contributed by atoms with Crippen LogP contribution in [0.2, 0.25) is 10.2 Å². The molecular formula is C10H6Cl2N2O2. The van der Waals surface area contributed by atoms with E-state index >= 15 is 0 Å². The van der Waals surface area contributed by atoms with E-state index in [2.05, 4.69) is 4.98 Å². The molecule has 2 rings (SSSR count). The summed E-state index contributed by atoms with van der Waals surface area (Å²) in [4.78, 5) is 14.3. The van der Waals surface area contributed by atoms with Crippen LogP contribution < -0.4 is 0 Å². The quantitative estimate of drug-likeness (QED) is 0.444. The van der Waals surface area contributed by atoms with E-state index in [0.717, 1.165) is 5.56 Å². The second-order valence-electron chi connectivity index (χ2n) is 3.32. The number of halogens is 2. The molecule has 0 aliphatic carbocycles. The maximum atomic E-state index is 10.8. The van der Waals surface area contributed by atoms with Crippen LogP contribution in [0.4, 0.5) is 5.69 Å². The molecule has 16 heavy (non-hydrogen) atoms. The average molecular weight is 257 g/mol.